The zero-order valence-electron chi connectivity index (χ0n) is 18.5. The molecule has 0 atom stereocenters. The van der Waals surface area contributed by atoms with Crippen LogP contribution in [0.2, 0.25) is 0 Å². The van der Waals surface area contributed by atoms with Gasteiger partial charge in [0.15, 0.2) is 0 Å². The fourth-order valence-electron chi connectivity index (χ4n) is 4.64. The Kier molecular flexibility index (Phi) is 6.68. The van der Waals surface area contributed by atoms with Crippen LogP contribution in [0.1, 0.15) is 55.3 Å². The van der Waals surface area contributed by atoms with Crippen LogP contribution in [0.25, 0.3) is 0 Å². The largest absolute Gasteiger partial charge is 0.362 e. The summed E-state index contributed by atoms with van der Waals surface area (Å²) in [7, 11) is 4.08. The Hall–Kier alpha value is -2.70. The number of hydrogen-bond acceptors (Lipinski definition) is 5. The molecule has 0 radical (unpaired) electrons. The van der Waals surface area contributed by atoms with Crippen molar-refractivity contribution in [3.63, 3.8) is 0 Å². The Bertz CT molecular complexity index is 907. The lowest BCUT2D eigenvalue weighted by molar-refractivity contribution is -0.121. The number of anilines is 2. The Morgan fingerprint density at radius 1 is 1.03 bits per heavy atom. The minimum atomic E-state index is -0.282. The lowest BCUT2D eigenvalue weighted by Crippen LogP contribution is -2.41. The van der Waals surface area contributed by atoms with Crippen LogP contribution in [0.3, 0.4) is 0 Å². The van der Waals surface area contributed by atoms with Crippen molar-refractivity contribution in [1.82, 2.24) is 15.3 Å². The molecule has 31 heavy (non-hydrogen) atoms. The van der Waals surface area contributed by atoms with Gasteiger partial charge in [0.05, 0.1) is 12.1 Å². The first kappa shape index (κ1) is 21.5. The molecule has 166 valence electrons. The Labute approximate surface area is 183 Å². The Morgan fingerprint density at radius 2 is 1.71 bits per heavy atom. The van der Waals surface area contributed by atoms with Gasteiger partial charge in [0.1, 0.15) is 11.6 Å². The number of rotatable bonds is 6. The highest BCUT2D eigenvalue weighted by atomic mass is 19.1. The van der Waals surface area contributed by atoms with E-state index in [4.69, 9.17) is 9.97 Å². The van der Waals surface area contributed by atoms with Gasteiger partial charge in [-0.15, -0.1) is 0 Å². The maximum absolute atomic E-state index is 13.0. The number of hydrogen-bond donors (Lipinski definition) is 2. The monoisotopic (exact) mass is 425 g/mol. The van der Waals surface area contributed by atoms with Crippen molar-refractivity contribution in [3.05, 3.63) is 46.9 Å². The summed E-state index contributed by atoms with van der Waals surface area (Å²) in [5, 5.41) is 6.68. The third-order valence-corrected chi connectivity index (χ3v) is 6.29. The zero-order valence-corrected chi connectivity index (χ0v) is 18.5. The summed E-state index contributed by atoms with van der Waals surface area (Å²) in [6, 6.07) is 6.62. The van der Waals surface area contributed by atoms with Gasteiger partial charge >= 0.3 is 0 Å². The van der Waals surface area contributed by atoms with Crippen LogP contribution in [0, 0.1) is 5.82 Å². The fraction of sp³-hybridized carbons (Fsp3) is 0.542. The van der Waals surface area contributed by atoms with Crippen molar-refractivity contribution in [2.45, 2.75) is 69.9 Å². The minimum absolute atomic E-state index is 0.00309. The molecule has 0 spiro atoms. The number of aromatic nitrogens is 2. The number of carbonyl (C=O) groups is 1. The van der Waals surface area contributed by atoms with E-state index in [0.717, 1.165) is 55.9 Å². The quantitative estimate of drug-likeness (QED) is 0.739. The number of benzene rings is 1. The molecule has 2 aliphatic carbocycles. The van der Waals surface area contributed by atoms with E-state index in [2.05, 4.69) is 15.5 Å². The molecule has 0 unspecified atom stereocenters. The van der Waals surface area contributed by atoms with E-state index in [1.54, 1.807) is 12.1 Å². The highest BCUT2D eigenvalue weighted by molar-refractivity contribution is 5.78. The van der Waals surface area contributed by atoms with Crippen LogP contribution in [0.4, 0.5) is 16.2 Å². The second kappa shape index (κ2) is 9.62. The highest BCUT2D eigenvalue weighted by Crippen LogP contribution is 2.29. The first-order valence-electron chi connectivity index (χ1n) is 11.4. The molecule has 2 N–H and O–H groups in total. The van der Waals surface area contributed by atoms with Gasteiger partial charge in [0.2, 0.25) is 11.9 Å². The number of fused-ring (bicyclic) bond motifs is 1. The molecule has 0 bridgehead atoms. The molecule has 1 aromatic heterocycles. The lowest BCUT2D eigenvalue weighted by Gasteiger charge is -2.30. The topological polar surface area (TPSA) is 70.2 Å². The van der Waals surface area contributed by atoms with Gasteiger partial charge in [-0.1, -0.05) is 12.1 Å². The predicted molar refractivity (Wildman–Crippen MR) is 121 cm³/mol. The summed E-state index contributed by atoms with van der Waals surface area (Å²) < 4.78 is 13.0. The molecule has 1 saturated carbocycles. The number of nitrogens with one attached hydrogen (secondary N) is 2. The second-order valence-electron chi connectivity index (χ2n) is 8.96. The number of nitrogens with zero attached hydrogens (tertiary/aromatic N) is 3. The number of carbonyl (C=O) groups excluding carboxylic acids is 1. The summed E-state index contributed by atoms with van der Waals surface area (Å²) >= 11 is 0. The van der Waals surface area contributed by atoms with Crippen LogP contribution in [-0.2, 0) is 24.1 Å². The molecule has 0 aliphatic heterocycles. The average Bonchev–Trinajstić information content (AvgIpc) is 2.76. The van der Waals surface area contributed by atoms with Gasteiger partial charge in [-0.3, -0.25) is 4.79 Å². The maximum atomic E-state index is 13.0. The molecule has 1 aromatic carbocycles. The van der Waals surface area contributed by atoms with Crippen molar-refractivity contribution < 1.29 is 9.18 Å². The Balaban J connectivity index is 1.29. The smallest absolute Gasteiger partial charge is 0.225 e. The lowest BCUT2D eigenvalue weighted by atomic mass is 9.91. The minimum Gasteiger partial charge on any atom is -0.362 e. The fourth-order valence-corrected chi connectivity index (χ4v) is 4.64. The Morgan fingerprint density at radius 3 is 2.42 bits per heavy atom. The number of halogens is 1. The molecule has 6 nitrogen and oxygen atoms in total. The van der Waals surface area contributed by atoms with Gasteiger partial charge in [0, 0.05) is 31.7 Å². The van der Waals surface area contributed by atoms with E-state index in [0.29, 0.717) is 6.04 Å². The van der Waals surface area contributed by atoms with Gasteiger partial charge in [-0.25, -0.2) is 9.37 Å². The summed E-state index contributed by atoms with van der Waals surface area (Å²) in [4.78, 5) is 24.1. The normalized spacial score (nSPS) is 20.6. The van der Waals surface area contributed by atoms with Crippen LogP contribution in [0.15, 0.2) is 24.3 Å². The molecular formula is C24H32FN5O. The van der Waals surface area contributed by atoms with Crippen molar-refractivity contribution in [2.24, 2.45) is 0 Å². The van der Waals surface area contributed by atoms with Crippen molar-refractivity contribution in [2.75, 3.05) is 24.3 Å². The first-order chi connectivity index (χ1) is 15.0. The van der Waals surface area contributed by atoms with E-state index in [1.807, 2.05) is 14.1 Å². The van der Waals surface area contributed by atoms with Crippen LogP contribution >= 0.6 is 0 Å². The molecule has 1 heterocycles. The van der Waals surface area contributed by atoms with E-state index < -0.39 is 0 Å². The van der Waals surface area contributed by atoms with Crippen molar-refractivity contribution in [3.8, 4) is 0 Å². The highest BCUT2D eigenvalue weighted by Gasteiger charge is 2.24. The van der Waals surface area contributed by atoms with E-state index in [9.17, 15) is 9.18 Å². The molecule has 2 aliphatic rings. The van der Waals surface area contributed by atoms with Crippen LogP contribution < -0.4 is 15.5 Å². The third-order valence-electron chi connectivity index (χ3n) is 6.29. The van der Waals surface area contributed by atoms with E-state index in [-0.39, 0.29) is 24.2 Å². The molecule has 1 amide bonds. The van der Waals surface area contributed by atoms with Crippen LogP contribution in [0.5, 0.6) is 0 Å². The summed E-state index contributed by atoms with van der Waals surface area (Å²) in [5.41, 5.74) is 3.32. The second-order valence-corrected chi connectivity index (χ2v) is 8.96. The summed E-state index contributed by atoms with van der Waals surface area (Å²) in [6.45, 7) is 0. The van der Waals surface area contributed by atoms with Crippen LogP contribution in [-0.4, -0.2) is 42.1 Å². The summed E-state index contributed by atoms with van der Waals surface area (Å²) in [6.07, 6.45) is 8.58. The first-order valence-corrected chi connectivity index (χ1v) is 11.4. The molecule has 1 fully saturated rings. The van der Waals surface area contributed by atoms with Gasteiger partial charge < -0.3 is 15.5 Å². The maximum Gasteiger partial charge on any atom is 0.225 e. The van der Waals surface area contributed by atoms with Crippen molar-refractivity contribution >= 4 is 17.7 Å². The van der Waals surface area contributed by atoms with Crippen molar-refractivity contribution in [1.29, 1.82) is 0 Å². The zero-order chi connectivity index (χ0) is 21.8. The molecule has 0 saturated heterocycles. The molecular weight excluding hydrogens is 393 g/mol. The molecule has 7 heteroatoms. The van der Waals surface area contributed by atoms with Gasteiger partial charge in [-0.2, -0.15) is 4.98 Å². The number of aryl methyl sites for hydroxylation is 1. The average molecular weight is 426 g/mol. The van der Waals surface area contributed by atoms with E-state index in [1.165, 1.54) is 36.2 Å². The predicted octanol–water partition coefficient (Wildman–Crippen LogP) is 3.64. The summed E-state index contributed by atoms with van der Waals surface area (Å²) in [5.74, 6) is 1.48. The van der Waals surface area contributed by atoms with E-state index >= 15 is 0 Å². The SMILES string of the molecule is CN(C)c1nc(NC2CCC(NC(=O)Cc3ccc(F)cc3)CC2)nc2c1CCCC2. The standard InChI is InChI=1S/C24H32FN5O/c1-30(2)23-20-5-3-4-6-21(20)28-24(29-23)27-19-13-11-18(12-14-19)26-22(31)15-16-7-9-17(25)10-8-16/h7-10,18-19H,3-6,11-15H2,1-2H3,(H,26,31)(H,27,28,29). The number of amides is 1. The van der Waals surface area contributed by atoms with Gasteiger partial charge in [-0.05, 0) is 69.1 Å². The van der Waals surface area contributed by atoms with Gasteiger partial charge in [0.25, 0.3) is 0 Å². The molecule has 2 aromatic rings. The third kappa shape index (κ3) is 5.51. The molecule has 4 rings (SSSR count).